The number of amides is 1. The molecule has 4 aliphatic heterocycles. The van der Waals surface area contributed by atoms with Crippen LogP contribution in [0.3, 0.4) is 0 Å². The van der Waals surface area contributed by atoms with Crippen molar-refractivity contribution in [1.29, 1.82) is 0 Å². The van der Waals surface area contributed by atoms with Crippen molar-refractivity contribution in [3.63, 3.8) is 0 Å². The summed E-state index contributed by atoms with van der Waals surface area (Å²) in [7, 11) is 0. The number of aromatic nitrogens is 4. The van der Waals surface area contributed by atoms with Gasteiger partial charge in [0, 0.05) is 58.6 Å². The van der Waals surface area contributed by atoms with Crippen LogP contribution in [0.4, 0.5) is 0 Å². The van der Waals surface area contributed by atoms with Gasteiger partial charge in [-0.2, -0.15) is 0 Å². The molecule has 2 aromatic carbocycles. The number of esters is 2. The Hall–Kier alpha value is -6.55. The number of aliphatic hydroxyl groups is 2. The van der Waals surface area contributed by atoms with Gasteiger partial charge in [-0.3, -0.25) is 14.4 Å². The fourth-order valence-corrected chi connectivity index (χ4v) is 10.9. The molecule has 8 heterocycles. The van der Waals surface area contributed by atoms with Crippen molar-refractivity contribution in [2.75, 3.05) is 13.1 Å². The molecular weight excluding hydrogens is 853 g/mol. The lowest BCUT2D eigenvalue weighted by molar-refractivity contribution is -0.173. The van der Waals surface area contributed by atoms with Gasteiger partial charge in [-0.25, -0.2) is 19.6 Å². The molecule has 0 bridgehead atoms. The maximum atomic E-state index is 14.3. The predicted molar refractivity (Wildman–Crippen MR) is 250 cm³/mol. The minimum Gasteiger partial charge on any atom is -0.458 e. The molecule has 6 aromatic rings. The third-order valence-electron chi connectivity index (χ3n) is 14.5. The minimum absolute atomic E-state index is 0.0330. The highest BCUT2D eigenvalue weighted by Crippen LogP contribution is 2.43. The van der Waals surface area contributed by atoms with Gasteiger partial charge in [0.2, 0.25) is 5.91 Å². The van der Waals surface area contributed by atoms with E-state index >= 15 is 0 Å². The first-order valence-corrected chi connectivity index (χ1v) is 23.3. The summed E-state index contributed by atoms with van der Waals surface area (Å²) in [5, 5.41) is 29.1. The summed E-state index contributed by atoms with van der Waals surface area (Å²) in [5.74, 6) is -1.76. The molecule has 4 aromatic heterocycles. The Morgan fingerprint density at radius 2 is 1.27 bits per heavy atom. The van der Waals surface area contributed by atoms with E-state index in [9.17, 15) is 34.2 Å². The summed E-state index contributed by atoms with van der Waals surface area (Å²) in [6, 6.07) is 19.1. The third-order valence-corrected chi connectivity index (χ3v) is 14.5. The van der Waals surface area contributed by atoms with Gasteiger partial charge in [0.15, 0.2) is 11.2 Å². The Kier molecular flexibility index (Phi) is 11.0. The van der Waals surface area contributed by atoms with Crippen LogP contribution in [0.2, 0.25) is 0 Å². The van der Waals surface area contributed by atoms with E-state index in [2.05, 4.69) is 25.2 Å². The van der Waals surface area contributed by atoms with Gasteiger partial charge in [0.05, 0.1) is 58.0 Å². The number of rotatable bonds is 13. The Labute approximate surface area is 386 Å². The summed E-state index contributed by atoms with van der Waals surface area (Å²) in [6.07, 6.45) is 1.92. The first-order chi connectivity index (χ1) is 32.1. The molecule has 0 radical (unpaired) electrons. The second kappa shape index (κ2) is 16.6. The van der Waals surface area contributed by atoms with E-state index in [0.717, 1.165) is 51.5 Å². The average molecular weight is 907 g/mol. The molecule has 15 nitrogen and oxygen atoms in total. The predicted octanol–water partition coefficient (Wildman–Crippen LogP) is 5.25. The van der Waals surface area contributed by atoms with E-state index < -0.39 is 23.1 Å². The molecule has 3 N–H and O–H groups in total. The van der Waals surface area contributed by atoms with Crippen LogP contribution in [0.5, 0.6) is 0 Å². The molecule has 1 amide bonds. The van der Waals surface area contributed by atoms with Crippen LogP contribution in [-0.2, 0) is 74.2 Å². The first kappa shape index (κ1) is 44.3. The molecule has 0 spiro atoms. The van der Waals surface area contributed by atoms with E-state index in [4.69, 9.17) is 19.4 Å². The van der Waals surface area contributed by atoms with Crippen LogP contribution < -0.4 is 16.4 Å². The normalized spacial score (nSPS) is 19.3. The van der Waals surface area contributed by atoms with Crippen LogP contribution in [-0.4, -0.2) is 77.2 Å². The lowest BCUT2D eigenvalue weighted by Gasteiger charge is -2.34. The van der Waals surface area contributed by atoms with Crippen LogP contribution in [0.15, 0.2) is 70.3 Å². The largest absolute Gasteiger partial charge is 0.458 e. The maximum Gasteiger partial charge on any atom is 0.343 e. The molecule has 67 heavy (non-hydrogen) atoms. The quantitative estimate of drug-likeness (QED) is 0.127. The number of nitrogens with zero attached hydrogens (tertiary/aromatic N) is 5. The molecule has 15 heteroatoms. The Morgan fingerprint density at radius 1 is 0.761 bits per heavy atom. The Balaban J connectivity index is 0.908. The number of pyridine rings is 4. The van der Waals surface area contributed by atoms with Gasteiger partial charge < -0.3 is 39.0 Å². The summed E-state index contributed by atoms with van der Waals surface area (Å²) in [5.41, 5.74) is 3.88. The fraction of sp³-hybridized carbons (Fsp3) is 0.404. The van der Waals surface area contributed by atoms with Crippen molar-refractivity contribution in [2.45, 2.75) is 123 Å². The van der Waals surface area contributed by atoms with E-state index in [-0.39, 0.29) is 77.9 Å². The number of carbonyl (C=O) groups excluding carboxylic acids is 3. The van der Waals surface area contributed by atoms with Crippen molar-refractivity contribution >= 4 is 39.7 Å². The van der Waals surface area contributed by atoms with Gasteiger partial charge in [-0.1, -0.05) is 57.2 Å². The number of fused-ring (bicyclic) bond motifs is 10. The highest BCUT2D eigenvalue weighted by Gasteiger charge is 2.48. The summed E-state index contributed by atoms with van der Waals surface area (Å²) in [4.78, 5) is 79.9. The molecule has 1 unspecified atom stereocenters. The van der Waals surface area contributed by atoms with Gasteiger partial charge in [-0.15, -0.1) is 0 Å². The van der Waals surface area contributed by atoms with E-state index in [0.29, 0.717) is 66.7 Å². The van der Waals surface area contributed by atoms with Crippen LogP contribution in [0.25, 0.3) is 44.6 Å². The second-order valence-corrected chi connectivity index (χ2v) is 18.8. The van der Waals surface area contributed by atoms with E-state index in [1.54, 1.807) is 33.1 Å². The van der Waals surface area contributed by atoms with Crippen molar-refractivity contribution < 1.29 is 34.1 Å². The number of cyclic esters (lactones) is 2. The molecular formula is C52H54N6O9. The molecule has 346 valence electrons. The number of hydrogen-bond acceptors (Lipinski definition) is 12. The van der Waals surface area contributed by atoms with Crippen molar-refractivity contribution in [1.82, 2.24) is 29.3 Å². The molecule has 0 aliphatic carbocycles. The minimum atomic E-state index is -2.10. The van der Waals surface area contributed by atoms with E-state index in [1.807, 2.05) is 49.4 Å². The van der Waals surface area contributed by atoms with Gasteiger partial charge in [0.1, 0.15) is 13.2 Å². The third kappa shape index (κ3) is 7.08. The van der Waals surface area contributed by atoms with Crippen LogP contribution in [0, 0.1) is 0 Å². The molecule has 0 saturated carbocycles. The number of para-hydroxylation sites is 2. The number of ether oxygens (including phenoxy) is 2. The molecule has 3 atom stereocenters. The van der Waals surface area contributed by atoms with Gasteiger partial charge in [0.25, 0.3) is 11.1 Å². The van der Waals surface area contributed by atoms with Gasteiger partial charge in [-0.05, 0) is 87.4 Å². The topological polar surface area (TPSA) is 195 Å². The number of benzene rings is 2. The first-order valence-electron chi connectivity index (χ1n) is 23.3. The zero-order chi connectivity index (χ0) is 47.1. The molecule has 10 rings (SSSR count). The Bertz CT molecular complexity index is 3210. The zero-order valence-corrected chi connectivity index (χ0v) is 38.4. The summed E-state index contributed by atoms with van der Waals surface area (Å²) in [6.45, 7) is 10.5. The summed E-state index contributed by atoms with van der Waals surface area (Å²) >= 11 is 0. The fourth-order valence-electron chi connectivity index (χ4n) is 10.9. The summed E-state index contributed by atoms with van der Waals surface area (Å²) < 4.78 is 14.1. The zero-order valence-electron chi connectivity index (χ0n) is 38.4. The number of hydrogen-bond donors (Lipinski definition) is 3. The number of carbonyl (C=O) groups is 3. The molecule has 4 aliphatic rings. The Morgan fingerprint density at radius 3 is 1.79 bits per heavy atom. The number of nitrogens with one attached hydrogen (secondary N) is 1. The second-order valence-electron chi connectivity index (χ2n) is 18.8. The van der Waals surface area contributed by atoms with E-state index in [1.165, 1.54) is 6.92 Å². The van der Waals surface area contributed by atoms with Crippen molar-refractivity contribution in [2.24, 2.45) is 0 Å². The SMILES string of the molecule is CC[C@@]1(O)C(=O)OCc2c1cc1n(c2=O)Cc2c-1nc1ccccc1c2CCN(C(C)=O)C(C)CCC[C@@]1(O)C(=O)OCc2c1cc1n(c2=O)Cc2c-1nc1ccccc1c2CCNC(C)C. The standard InChI is InChI=1S/C52H54N6O9/c1-6-51(64)39-22-43-46-36(25-58(43)47(60)37(39)26-66-49(51)62)32(34-14-8-10-16-42(34)55-46)18-21-56(30(5)59)29(4)12-11-19-52(65)40-23-44-45-35(24-57(44)48(61)38(40)27-67-50(52)63)31(17-20-53-28(2)3)33-13-7-9-15-41(33)54-45/h7-10,13-16,22-23,28-29,53,64-65H,6,11-12,17-21,24-27H2,1-5H3/t29?,51-,52-/m0/s1. The van der Waals surface area contributed by atoms with Crippen LogP contribution >= 0.6 is 0 Å². The smallest absolute Gasteiger partial charge is 0.343 e. The lowest BCUT2D eigenvalue weighted by atomic mass is 9.83. The lowest BCUT2D eigenvalue weighted by Crippen LogP contribution is -2.45. The van der Waals surface area contributed by atoms with Crippen molar-refractivity contribution in [3.8, 4) is 22.8 Å². The highest BCUT2D eigenvalue weighted by atomic mass is 16.6. The van der Waals surface area contributed by atoms with Crippen LogP contribution in [0.1, 0.15) is 105 Å². The maximum absolute atomic E-state index is 14.3. The monoisotopic (exact) mass is 906 g/mol. The molecule has 0 fully saturated rings. The average Bonchev–Trinajstić information content (AvgIpc) is 3.87. The van der Waals surface area contributed by atoms with Gasteiger partial charge >= 0.3 is 11.9 Å². The van der Waals surface area contributed by atoms with Crippen molar-refractivity contribution in [3.05, 3.63) is 126 Å². The molecule has 0 saturated heterocycles. The highest BCUT2D eigenvalue weighted by molar-refractivity contribution is 5.91.